The second kappa shape index (κ2) is 5.34. The maximum atomic E-state index is 12.5. The van der Waals surface area contributed by atoms with Crippen molar-refractivity contribution in [3.8, 4) is 0 Å². The number of carbonyl (C=O) groups excluding carboxylic acids is 1. The topological polar surface area (TPSA) is 76.4 Å². The predicted molar refractivity (Wildman–Crippen MR) is 93.0 cm³/mol. The standard InChI is InChI=1S/C18H17NO4S/c1-11-14-7-6-12-4-2-3-5-15(12)17(14)23-16(11)18(20)19-13-8-9-24(21,22)10-13/h2-7,13H,8-10H2,1H3,(H,19,20)/t13-/m0/s1. The fourth-order valence-electron chi connectivity index (χ4n) is 3.33. The van der Waals surface area contributed by atoms with E-state index in [-0.39, 0.29) is 29.2 Å². The lowest BCUT2D eigenvalue weighted by Crippen LogP contribution is -2.35. The maximum absolute atomic E-state index is 12.5. The minimum atomic E-state index is -3.03. The summed E-state index contributed by atoms with van der Waals surface area (Å²) >= 11 is 0. The molecule has 0 radical (unpaired) electrons. The Morgan fingerprint density at radius 1 is 1.17 bits per heavy atom. The van der Waals surface area contributed by atoms with Crippen LogP contribution in [0.3, 0.4) is 0 Å². The lowest BCUT2D eigenvalue weighted by molar-refractivity contribution is 0.0914. The summed E-state index contributed by atoms with van der Waals surface area (Å²) in [5, 5.41) is 5.70. The van der Waals surface area contributed by atoms with Crippen LogP contribution in [0.2, 0.25) is 0 Å². The first-order valence-corrected chi connectivity index (χ1v) is 9.69. The third kappa shape index (κ3) is 2.47. The molecule has 0 bridgehead atoms. The normalized spacial score (nSPS) is 19.8. The number of hydrogen-bond donors (Lipinski definition) is 1. The van der Waals surface area contributed by atoms with E-state index in [2.05, 4.69) is 5.32 Å². The number of carbonyl (C=O) groups is 1. The molecule has 4 rings (SSSR count). The number of fused-ring (bicyclic) bond motifs is 3. The molecule has 0 unspecified atom stereocenters. The zero-order chi connectivity index (χ0) is 16.9. The average molecular weight is 343 g/mol. The Morgan fingerprint density at radius 2 is 1.96 bits per heavy atom. The van der Waals surface area contributed by atoms with Gasteiger partial charge in [-0.25, -0.2) is 8.42 Å². The molecule has 5 nitrogen and oxygen atoms in total. The molecule has 2 heterocycles. The van der Waals surface area contributed by atoms with Crippen molar-refractivity contribution in [2.24, 2.45) is 0 Å². The van der Waals surface area contributed by atoms with E-state index in [4.69, 9.17) is 4.42 Å². The SMILES string of the molecule is Cc1c(C(=O)N[C@H]2CCS(=O)(=O)C2)oc2c1ccc1ccccc12. The van der Waals surface area contributed by atoms with Gasteiger partial charge in [0.2, 0.25) is 0 Å². The van der Waals surface area contributed by atoms with Gasteiger partial charge in [-0.05, 0) is 18.7 Å². The van der Waals surface area contributed by atoms with Gasteiger partial charge in [0.05, 0.1) is 11.5 Å². The van der Waals surface area contributed by atoms with Crippen molar-refractivity contribution >= 4 is 37.5 Å². The van der Waals surface area contributed by atoms with Gasteiger partial charge in [-0.3, -0.25) is 4.79 Å². The molecule has 1 fully saturated rings. The van der Waals surface area contributed by atoms with Crippen molar-refractivity contribution in [1.82, 2.24) is 5.32 Å². The van der Waals surface area contributed by atoms with Crippen LogP contribution in [0.15, 0.2) is 40.8 Å². The second-order valence-corrected chi connectivity index (χ2v) is 8.52. The quantitative estimate of drug-likeness (QED) is 0.776. The van der Waals surface area contributed by atoms with E-state index in [1.165, 1.54) is 0 Å². The monoisotopic (exact) mass is 343 g/mol. The van der Waals surface area contributed by atoms with Gasteiger partial charge < -0.3 is 9.73 Å². The number of rotatable bonds is 2. The fourth-order valence-corrected chi connectivity index (χ4v) is 5.00. The summed E-state index contributed by atoms with van der Waals surface area (Å²) in [5.41, 5.74) is 1.46. The molecule has 1 saturated heterocycles. The molecule has 1 aromatic heterocycles. The molecule has 3 aromatic rings. The number of benzene rings is 2. The van der Waals surface area contributed by atoms with Gasteiger partial charge in [-0.15, -0.1) is 0 Å². The van der Waals surface area contributed by atoms with Crippen molar-refractivity contribution in [3.05, 3.63) is 47.7 Å². The van der Waals surface area contributed by atoms with E-state index in [1.54, 1.807) is 0 Å². The van der Waals surface area contributed by atoms with Crippen LogP contribution in [0, 0.1) is 6.92 Å². The van der Waals surface area contributed by atoms with Crippen LogP contribution in [0.5, 0.6) is 0 Å². The minimum absolute atomic E-state index is 0.000939. The Morgan fingerprint density at radius 3 is 2.71 bits per heavy atom. The molecule has 124 valence electrons. The smallest absolute Gasteiger partial charge is 0.287 e. The van der Waals surface area contributed by atoms with Gasteiger partial charge in [0.15, 0.2) is 15.6 Å². The Kier molecular flexibility index (Phi) is 3.38. The molecule has 1 atom stereocenters. The number of sulfone groups is 1. The van der Waals surface area contributed by atoms with Crippen molar-refractivity contribution in [2.45, 2.75) is 19.4 Å². The molecule has 1 aliphatic heterocycles. The predicted octanol–water partition coefficient (Wildman–Crippen LogP) is 2.81. The van der Waals surface area contributed by atoms with E-state index >= 15 is 0 Å². The van der Waals surface area contributed by atoms with Crippen molar-refractivity contribution in [2.75, 3.05) is 11.5 Å². The summed E-state index contributed by atoms with van der Waals surface area (Å²) < 4.78 is 29.0. The summed E-state index contributed by atoms with van der Waals surface area (Å²) in [7, 11) is -3.03. The van der Waals surface area contributed by atoms with Gasteiger partial charge in [0, 0.05) is 22.4 Å². The molecule has 0 saturated carbocycles. The van der Waals surface area contributed by atoms with Gasteiger partial charge in [-0.2, -0.15) is 0 Å². The van der Waals surface area contributed by atoms with E-state index in [1.807, 2.05) is 43.3 Å². The molecule has 6 heteroatoms. The first-order chi connectivity index (χ1) is 11.4. The Bertz CT molecular complexity index is 1070. The average Bonchev–Trinajstić information content (AvgIpc) is 3.07. The number of furan rings is 1. The van der Waals surface area contributed by atoms with E-state index < -0.39 is 9.84 Å². The highest BCUT2D eigenvalue weighted by atomic mass is 32.2. The largest absolute Gasteiger partial charge is 0.450 e. The van der Waals surface area contributed by atoms with E-state index in [0.29, 0.717) is 12.0 Å². The third-order valence-electron chi connectivity index (χ3n) is 4.60. The van der Waals surface area contributed by atoms with Crippen LogP contribution in [-0.2, 0) is 9.84 Å². The van der Waals surface area contributed by atoms with Crippen LogP contribution in [0.1, 0.15) is 22.5 Å². The number of hydrogen-bond acceptors (Lipinski definition) is 4. The van der Waals surface area contributed by atoms with Crippen LogP contribution in [-0.4, -0.2) is 31.9 Å². The molecule has 0 aliphatic carbocycles. The fraction of sp³-hybridized carbons (Fsp3) is 0.278. The van der Waals surface area contributed by atoms with Crippen molar-refractivity contribution < 1.29 is 17.6 Å². The molecular formula is C18H17NO4S. The molecule has 24 heavy (non-hydrogen) atoms. The molecular weight excluding hydrogens is 326 g/mol. The minimum Gasteiger partial charge on any atom is -0.450 e. The van der Waals surface area contributed by atoms with Crippen LogP contribution in [0.25, 0.3) is 21.7 Å². The first-order valence-electron chi connectivity index (χ1n) is 7.87. The Balaban J connectivity index is 1.73. The number of nitrogens with one attached hydrogen (secondary N) is 1. The van der Waals surface area contributed by atoms with Gasteiger partial charge in [0.25, 0.3) is 5.91 Å². The van der Waals surface area contributed by atoms with Crippen LogP contribution < -0.4 is 5.32 Å². The molecule has 1 aliphatic rings. The van der Waals surface area contributed by atoms with Crippen molar-refractivity contribution in [3.63, 3.8) is 0 Å². The zero-order valence-electron chi connectivity index (χ0n) is 13.2. The maximum Gasteiger partial charge on any atom is 0.287 e. The van der Waals surface area contributed by atoms with Gasteiger partial charge >= 0.3 is 0 Å². The second-order valence-electron chi connectivity index (χ2n) is 6.29. The summed E-state index contributed by atoms with van der Waals surface area (Å²) in [6.07, 6.45) is 0.455. The third-order valence-corrected chi connectivity index (χ3v) is 6.37. The highest BCUT2D eigenvalue weighted by Gasteiger charge is 2.30. The van der Waals surface area contributed by atoms with Crippen LogP contribution in [0.4, 0.5) is 0 Å². The zero-order valence-corrected chi connectivity index (χ0v) is 14.0. The Labute approximate surface area is 139 Å². The number of aryl methyl sites for hydroxylation is 1. The van der Waals surface area contributed by atoms with E-state index in [9.17, 15) is 13.2 Å². The number of amides is 1. The van der Waals surface area contributed by atoms with Crippen LogP contribution >= 0.6 is 0 Å². The summed E-state index contributed by atoms with van der Waals surface area (Å²) in [6, 6.07) is 11.5. The molecule has 2 aromatic carbocycles. The molecule has 1 N–H and O–H groups in total. The lowest BCUT2D eigenvalue weighted by atomic mass is 10.1. The van der Waals surface area contributed by atoms with E-state index in [0.717, 1.165) is 21.7 Å². The summed E-state index contributed by atoms with van der Waals surface area (Å²) in [5.74, 6) is 0.0309. The highest BCUT2D eigenvalue weighted by Crippen LogP contribution is 2.31. The summed E-state index contributed by atoms with van der Waals surface area (Å²) in [4.78, 5) is 12.5. The highest BCUT2D eigenvalue weighted by molar-refractivity contribution is 7.91. The van der Waals surface area contributed by atoms with Gasteiger partial charge in [0.1, 0.15) is 5.58 Å². The van der Waals surface area contributed by atoms with Crippen molar-refractivity contribution in [1.29, 1.82) is 0 Å². The lowest BCUT2D eigenvalue weighted by Gasteiger charge is -2.09. The summed E-state index contributed by atoms with van der Waals surface area (Å²) in [6.45, 7) is 1.85. The first kappa shape index (κ1) is 15.2. The van der Waals surface area contributed by atoms with Gasteiger partial charge in [-0.1, -0.05) is 36.4 Å². The Hall–Kier alpha value is -2.34. The molecule has 1 amide bonds. The molecule has 0 spiro atoms.